The predicted octanol–water partition coefficient (Wildman–Crippen LogP) is 6.53. The number of ether oxygens (including phenoxy) is 1. The van der Waals surface area contributed by atoms with E-state index in [1.807, 2.05) is 0 Å². The minimum Gasteiger partial charge on any atom is -0.466 e. The molecule has 0 aliphatic carbocycles. The quantitative estimate of drug-likeness (QED) is 0.232. The first-order valence-electron chi connectivity index (χ1n) is 9.06. The summed E-state index contributed by atoms with van der Waals surface area (Å²) in [6.45, 7) is 11.3. The van der Waals surface area contributed by atoms with Crippen LogP contribution in [0.5, 0.6) is 0 Å². The summed E-state index contributed by atoms with van der Waals surface area (Å²) in [5, 5.41) is 0. The molecule has 0 aromatic carbocycles. The van der Waals surface area contributed by atoms with Crippen molar-refractivity contribution >= 4 is 5.97 Å². The third-order valence-corrected chi connectivity index (χ3v) is 3.72. The molecular weight excluding hydrogens is 284 g/mol. The summed E-state index contributed by atoms with van der Waals surface area (Å²) in [5.41, 5.74) is 4.22. The molecule has 0 N–H and O–H groups in total. The largest absolute Gasteiger partial charge is 0.466 e. The van der Waals surface area contributed by atoms with Crippen LogP contribution in [0.25, 0.3) is 0 Å². The van der Waals surface area contributed by atoms with Crippen molar-refractivity contribution in [2.75, 3.05) is 6.61 Å². The first kappa shape index (κ1) is 21.7. The Bertz CT molecular complexity index is 410. The number of esters is 1. The third kappa shape index (κ3) is 15.4. The average molecular weight is 321 g/mol. The Morgan fingerprint density at radius 2 is 1.35 bits per heavy atom. The molecule has 0 rings (SSSR count). The molecule has 0 aromatic heterocycles. The van der Waals surface area contributed by atoms with Crippen LogP contribution in [0, 0.1) is 0 Å². The van der Waals surface area contributed by atoms with Crippen molar-refractivity contribution in [1.82, 2.24) is 0 Å². The summed E-state index contributed by atoms with van der Waals surface area (Å²) in [7, 11) is 0. The Hall–Kier alpha value is -1.31. The van der Waals surface area contributed by atoms with Gasteiger partial charge in [0.15, 0.2) is 0 Å². The zero-order valence-corrected chi connectivity index (χ0v) is 15.9. The summed E-state index contributed by atoms with van der Waals surface area (Å²) in [6, 6.07) is 0. The van der Waals surface area contributed by atoms with Gasteiger partial charge in [0.1, 0.15) is 0 Å². The van der Waals surface area contributed by atoms with Gasteiger partial charge >= 0.3 is 5.97 Å². The summed E-state index contributed by atoms with van der Waals surface area (Å²) in [4.78, 5) is 11.5. The zero-order valence-electron chi connectivity index (χ0n) is 15.9. The second-order valence-electron chi connectivity index (χ2n) is 6.57. The van der Waals surface area contributed by atoms with Crippen LogP contribution in [-0.4, -0.2) is 12.6 Å². The van der Waals surface area contributed by atoms with Crippen LogP contribution < -0.4 is 0 Å². The van der Waals surface area contributed by atoms with Crippen molar-refractivity contribution in [1.29, 1.82) is 0 Å². The minimum atomic E-state index is -0.0717. The van der Waals surface area contributed by atoms with Crippen LogP contribution in [0.3, 0.4) is 0 Å². The lowest BCUT2D eigenvalue weighted by molar-refractivity contribution is -0.143. The van der Waals surface area contributed by atoms with Crippen molar-refractivity contribution in [2.45, 2.75) is 86.0 Å². The van der Waals surface area contributed by atoms with Crippen LogP contribution in [0.4, 0.5) is 0 Å². The molecule has 0 saturated carbocycles. The van der Waals surface area contributed by atoms with Gasteiger partial charge in [0, 0.05) is 6.42 Å². The summed E-state index contributed by atoms with van der Waals surface area (Å²) in [6.07, 6.45) is 14.6. The Labute approximate surface area is 143 Å². The first-order valence-corrected chi connectivity index (χ1v) is 9.06. The first-order chi connectivity index (χ1) is 11.0. The van der Waals surface area contributed by atoms with Gasteiger partial charge in [0.05, 0.1) is 6.61 Å². The molecule has 0 heterocycles. The van der Waals surface area contributed by atoms with Crippen LogP contribution in [-0.2, 0) is 9.53 Å². The predicted molar refractivity (Wildman–Crippen MR) is 101 cm³/mol. The van der Waals surface area contributed by atoms with Gasteiger partial charge in [-0.05, 0) is 66.2 Å². The van der Waals surface area contributed by atoms with Gasteiger partial charge in [0.25, 0.3) is 0 Å². The van der Waals surface area contributed by atoms with Gasteiger partial charge in [0.2, 0.25) is 0 Å². The van der Waals surface area contributed by atoms with E-state index in [2.05, 4.69) is 52.8 Å². The molecule has 2 heteroatoms. The lowest BCUT2D eigenvalue weighted by atomic mass is 10.1. The van der Waals surface area contributed by atoms with Gasteiger partial charge < -0.3 is 4.74 Å². The molecule has 23 heavy (non-hydrogen) atoms. The second-order valence-corrected chi connectivity index (χ2v) is 6.57. The van der Waals surface area contributed by atoms with E-state index >= 15 is 0 Å². The highest BCUT2D eigenvalue weighted by Gasteiger charge is 2.00. The number of rotatable bonds is 12. The van der Waals surface area contributed by atoms with E-state index in [1.165, 1.54) is 16.7 Å². The molecule has 0 aliphatic rings. The zero-order chi connectivity index (χ0) is 17.5. The average Bonchev–Trinajstić information content (AvgIpc) is 2.47. The Morgan fingerprint density at radius 3 is 1.87 bits per heavy atom. The number of hydrogen-bond donors (Lipinski definition) is 0. The molecule has 0 spiro atoms. The SMILES string of the molecule is CCCCOC(=O)CC/C=C(/C)CC/C=C(\C)CCC=C(C)C. The Kier molecular flexibility index (Phi) is 13.5. The molecule has 132 valence electrons. The number of allylic oxidation sites excluding steroid dienone is 6. The molecule has 0 fully saturated rings. The van der Waals surface area contributed by atoms with Gasteiger partial charge in [-0.2, -0.15) is 0 Å². The number of hydrogen-bond acceptors (Lipinski definition) is 2. The molecular formula is C21H36O2. The number of carbonyl (C=O) groups is 1. The molecule has 0 amide bonds. The smallest absolute Gasteiger partial charge is 0.306 e. The molecule has 0 aliphatic heterocycles. The van der Waals surface area contributed by atoms with E-state index in [-0.39, 0.29) is 5.97 Å². The molecule has 0 aromatic rings. The summed E-state index contributed by atoms with van der Waals surface area (Å²) < 4.78 is 5.15. The maximum absolute atomic E-state index is 11.5. The molecule has 0 bridgehead atoms. The van der Waals surface area contributed by atoms with Crippen molar-refractivity contribution in [2.24, 2.45) is 0 Å². The van der Waals surface area contributed by atoms with E-state index in [0.29, 0.717) is 13.0 Å². The monoisotopic (exact) mass is 320 g/mol. The maximum atomic E-state index is 11.5. The number of unbranched alkanes of at least 4 members (excludes halogenated alkanes) is 1. The van der Waals surface area contributed by atoms with Crippen molar-refractivity contribution < 1.29 is 9.53 Å². The van der Waals surface area contributed by atoms with Gasteiger partial charge in [-0.3, -0.25) is 4.79 Å². The molecule has 0 radical (unpaired) electrons. The topological polar surface area (TPSA) is 26.3 Å². The van der Waals surface area contributed by atoms with E-state index in [9.17, 15) is 4.79 Å². The molecule has 0 unspecified atom stereocenters. The maximum Gasteiger partial charge on any atom is 0.306 e. The summed E-state index contributed by atoms with van der Waals surface area (Å²) in [5.74, 6) is -0.0717. The summed E-state index contributed by atoms with van der Waals surface area (Å²) >= 11 is 0. The standard InChI is InChI=1S/C21H36O2/c1-6-7-17-23-21(22)16-10-15-20(5)14-9-13-19(4)12-8-11-18(2)3/h11,13,15H,6-10,12,14,16-17H2,1-5H3/b19-13+,20-15-. The Balaban J connectivity index is 3.85. The van der Waals surface area contributed by atoms with Crippen LogP contribution in [0.1, 0.15) is 86.0 Å². The van der Waals surface area contributed by atoms with Crippen LogP contribution in [0.15, 0.2) is 34.9 Å². The third-order valence-electron chi connectivity index (χ3n) is 3.72. The molecule has 0 saturated heterocycles. The van der Waals surface area contributed by atoms with Gasteiger partial charge in [-0.25, -0.2) is 0 Å². The minimum absolute atomic E-state index is 0.0717. The van der Waals surface area contributed by atoms with E-state index in [1.54, 1.807) is 0 Å². The highest BCUT2D eigenvalue weighted by Crippen LogP contribution is 2.12. The fourth-order valence-electron chi connectivity index (χ4n) is 2.18. The highest BCUT2D eigenvalue weighted by atomic mass is 16.5. The highest BCUT2D eigenvalue weighted by molar-refractivity contribution is 5.69. The number of carbonyl (C=O) groups excluding carboxylic acids is 1. The Morgan fingerprint density at radius 1 is 0.826 bits per heavy atom. The van der Waals surface area contributed by atoms with E-state index in [0.717, 1.165) is 44.9 Å². The van der Waals surface area contributed by atoms with Crippen molar-refractivity contribution in [3.05, 3.63) is 34.9 Å². The fourth-order valence-corrected chi connectivity index (χ4v) is 2.18. The van der Waals surface area contributed by atoms with E-state index in [4.69, 9.17) is 4.74 Å². The fraction of sp³-hybridized carbons (Fsp3) is 0.667. The van der Waals surface area contributed by atoms with Gasteiger partial charge in [-0.1, -0.05) is 48.3 Å². The molecule has 2 nitrogen and oxygen atoms in total. The lowest BCUT2D eigenvalue weighted by Crippen LogP contribution is -2.04. The van der Waals surface area contributed by atoms with E-state index < -0.39 is 0 Å². The lowest BCUT2D eigenvalue weighted by Gasteiger charge is -2.03. The molecule has 0 atom stereocenters. The normalized spacial score (nSPS) is 12.2. The van der Waals surface area contributed by atoms with Crippen LogP contribution >= 0.6 is 0 Å². The van der Waals surface area contributed by atoms with Crippen molar-refractivity contribution in [3.63, 3.8) is 0 Å². The van der Waals surface area contributed by atoms with Crippen LogP contribution in [0.2, 0.25) is 0 Å². The second kappa shape index (κ2) is 14.3. The van der Waals surface area contributed by atoms with Crippen molar-refractivity contribution in [3.8, 4) is 0 Å². The van der Waals surface area contributed by atoms with Gasteiger partial charge in [-0.15, -0.1) is 0 Å².